The van der Waals surface area contributed by atoms with Gasteiger partial charge in [-0.3, -0.25) is 0 Å². The van der Waals surface area contributed by atoms with Gasteiger partial charge in [0.15, 0.2) is 6.20 Å². The molecule has 1 aromatic heterocycles. The van der Waals surface area contributed by atoms with Crippen molar-refractivity contribution >= 4 is 0 Å². The van der Waals surface area contributed by atoms with Crippen LogP contribution in [0, 0.1) is 6.92 Å². The molecule has 0 bridgehead atoms. The summed E-state index contributed by atoms with van der Waals surface area (Å²) in [5.74, 6) is 0.902. The number of aromatic nitrogens is 1. The third-order valence-corrected chi connectivity index (χ3v) is 4.18. The highest BCUT2D eigenvalue weighted by Gasteiger charge is 2.20. The summed E-state index contributed by atoms with van der Waals surface area (Å²) in [6, 6.07) is 10.4. The van der Waals surface area contributed by atoms with Crippen LogP contribution in [0.4, 0.5) is 0 Å². The maximum atomic E-state index is 5.80. The van der Waals surface area contributed by atoms with E-state index in [0.29, 0.717) is 6.42 Å². The van der Waals surface area contributed by atoms with Gasteiger partial charge in [0.25, 0.3) is 0 Å². The van der Waals surface area contributed by atoms with E-state index in [-0.39, 0.29) is 0 Å². The van der Waals surface area contributed by atoms with E-state index in [9.17, 15) is 0 Å². The third-order valence-electron chi connectivity index (χ3n) is 4.18. The molecule has 0 fully saturated rings. The van der Waals surface area contributed by atoms with E-state index in [1.807, 2.05) is 37.5 Å². The molecule has 0 aliphatic heterocycles. The van der Waals surface area contributed by atoms with Crippen LogP contribution in [0.3, 0.4) is 0 Å². The van der Waals surface area contributed by atoms with Gasteiger partial charge in [0, 0.05) is 18.6 Å². The molecule has 0 aliphatic carbocycles. The van der Waals surface area contributed by atoms with Crippen molar-refractivity contribution in [3.8, 4) is 17.0 Å². The molecule has 2 aromatic rings. The average Bonchev–Trinajstić information content (AvgIpc) is 2.61. The van der Waals surface area contributed by atoms with Crippen molar-refractivity contribution in [2.75, 3.05) is 7.11 Å². The molecule has 2 nitrogen and oxygen atoms in total. The van der Waals surface area contributed by atoms with Crippen LogP contribution >= 0.6 is 0 Å². The SMILES string of the molecule is C=CC(=C)/C=C\C(=C)Cc1ccc(C)c(-c2cccc[n+]2C)c1OC. The Bertz CT molecular complexity index is 843. The van der Waals surface area contributed by atoms with Crippen molar-refractivity contribution in [2.45, 2.75) is 13.3 Å². The summed E-state index contributed by atoms with van der Waals surface area (Å²) in [5.41, 5.74) is 6.41. The highest BCUT2D eigenvalue weighted by atomic mass is 16.5. The van der Waals surface area contributed by atoms with Crippen molar-refractivity contribution in [3.05, 3.63) is 96.8 Å². The van der Waals surface area contributed by atoms with Crippen LogP contribution in [-0.2, 0) is 13.5 Å². The zero-order valence-electron chi connectivity index (χ0n) is 15.4. The van der Waals surface area contributed by atoms with E-state index in [0.717, 1.165) is 33.7 Å². The Balaban J connectivity index is 2.45. The van der Waals surface area contributed by atoms with Crippen LogP contribution in [-0.4, -0.2) is 7.11 Å². The molecule has 0 atom stereocenters. The molecule has 25 heavy (non-hydrogen) atoms. The van der Waals surface area contributed by atoms with Gasteiger partial charge in [-0.1, -0.05) is 55.7 Å². The van der Waals surface area contributed by atoms with Gasteiger partial charge in [-0.25, -0.2) is 4.57 Å². The second-order valence-corrected chi connectivity index (χ2v) is 6.09. The number of hydrogen-bond donors (Lipinski definition) is 0. The first kappa shape index (κ1) is 18.5. The quantitative estimate of drug-likeness (QED) is 0.519. The average molecular weight is 332 g/mol. The number of rotatable bonds is 7. The van der Waals surface area contributed by atoms with E-state index >= 15 is 0 Å². The second kappa shape index (κ2) is 8.29. The van der Waals surface area contributed by atoms with Gasteiger partial charge in [-0.2, -0.15) is 0 Å². The van der Waals surface area contributed by atoms with Gasteiger partial charge in [-0.15, -0.1) is 0 Å². The van der Waals surface area contributed by atoms with Gasteiger partial charge in [0.1, 0.15) is 12.8 Å². The smallest absolute Gasteiger partial charge is 0.216 e. The largest absolute Gasteiger partial charge is 0.496 e. The lowest BCUT2D eigenvalue weighted by molar-refractivity contribution is -0.660. The molecular weight excluding hydrogens is 306 g/mol. The van der Waals surface area contributed by atoms with Crippen molar-refractivity contribution in [2.24, 2.45) is 7.05 Å². The fourth-order valence-electron chi connectivity index (χ4n) is 2.79. The van der Waals surface area contributed by atoms with Crippen LogP contribution < -0.4 is 9.30 Å². The number of benzene rings is 1. The van der Waals surface area contributed by atoms with Gasteiger partial charge < -0.3 is 4.74 Å². The highest BCUT2D eigenvalue weighted by Crippen LogP contribution is 2.35. The first-order valence-corrected chi connectivity index (χ1v) is 8.26. The number of aryl methyl sites for hydroxylation is 2. The summed E-state index contributed by atoms with van der Waals surface area (Å²) < 4.78 is 7.91. The summed E-state index contributed by atoms with van der Waals surface area (Å²) >= 11 is 0. The first-order chi connectivity index (χ1) is 12.0. The number of methoxy groups -OCH3 is 1. The van der Waals surface area contributed by atoms with Crippen LogP contribution in [0.2, 0.25) is 0 Å². The molecule has 0 amide bonds. The lowest BCUT2D eigenvalue weighted by Crippen LogP contribution is -2.30. The Morgan fingerprint density at radius 1 is 1.16 bits per heavy atom. The van der Waals surface area contributed by atoms with E-state index in [1.54, 1.807) is 13.2 Å². The Hall–Kier alpha value is -2.87. The number of allylic oxidation sites excluding steroid dienone is 5. The lowest BCUT2D eigenvalue weighted by Gasteiger charge is -2.15. The molecule has 2 heteroatoms. The molecule has 2 rings (SSSR count). The van der Waals surface area contributed by atoms with Gasteiger partial charge >= 0.3 is 0 Å². The minimum Gasteiger partial charge on any atom is -0.496 e. The van der Waals surface area contributed by atoms with E-state index in [2.05, 4.69) is 49.4 Å². The van der Waals surface area contributed by atoms with E-state index in [4.69, 9.17) is 4.74 Å². The molecule has 0 N–H and O–H groups in total. The summed E-state index contributed by atoms with van der Waals surface area (Å²) in [6.45, 7) is 13.9. The fraction of sp³-hybridized carbons (Fsp3) is 0.174. The van der Waals surface area contributed by atoms with Crippen molar-refractivity contribution in [3.63, 3.8) is 0 Å². The molecule has 1 aromatic carbocycles. The Morgan fingerprint density at radius 2 is 1.92 bits per heavy atom. The molecule has 0 radical (unpaired) electrons. The summed E-state index contributed by atoms with van der Waals surface area (Å²) in [4.78, 5) is 0. The number of pyridine rings is 1. The maximum Gasteiger partial charge on any atom is 0.216 e. The number of ether oxygens (including phenoxy) is 1. The van der Waals surface area contributed by atoms with Crippen LogP contribution in [0.5, 0.6) is 5.75 Å². The van der Waals surface area contributed by atoms with Gasteiger partial charge in [0.05, 0.1) is 12.7 Å². The zero-order valence-corrected chi connectivity index (χ0v) is 15.4. The van der Waals surface area contributed by atoms with Crippen molar-refractivity contribution < 1.29 is 9.30 Å². The van der Waals surface area contributed by atoms with E-state index < -0.39 is 0 Å². The van der Waals surface area contributed by atoms with E-state index in [1.165, 1.54) is 5.56 Å². The van der Waals surface area contributed by atoms with Gasteiger partial charge in [0.2, 0.25) is 5.69 Å². The minimum absolute atomic E-state index is 0.716. The molecule has 0 saturated heterocycles. The normalized spacial score (nSPS) is 10.7. The topological polar surface area (TPSA) is 13.1 Å². The van der Waals surface area contributed by atoms with Crippen molar-refractivity contribution in [1.82, 2.24) is 0 Å². The van der Waals surface area contributed by atoms with Crippen molar-refractivity contribution in [1.29, 1.82) is 0 Å². The van der Waals surface area contributed by atoms with Crippen LogP contribution in [0.1, 0.15) is 11.1 Å². The highest BCUT2D eigenvalue weighted by molar-refractivity contribution is 5.71. The maximum absolute atomic E-state index is 5.80. The third kappa shape index (κ3) is 4.36. The zero-order chi connectivity index (χ0) is 18.4. The summed E-state index contributed by atoms with van der Waals surface area (Å²) in [7, 11) is 3.77. The molecule has 0 aliphatic rings. The monoisotopic (exact) mass is 332 g/mol. The summed E-state index contributed by atoms with van der Waals surface area (Å²) in [6.07, 6.45) is 8.39. The summed E-state index contributed by atoms with van der Waals surface area (Å²) in [5, 5.41) is 0. The predicted octanol–water partition coefficient (Wildman–Crippen LogP) is 4.89. The molecule has 128 valence electrons. The molecule has 1 heterocycles. The minimum atomic E-state index is 0.716. The predicted molar refractivity (Wildman–Crippen MR) is 106 cm³/mol. The molecule has 0 unspecified atom stereocenters. The molecule has 0 saturated carbocycles. The van der Waals surface area contributed by atoms with Crippen LogP contribution in [0.15, 0.2) is 85.6 Å². The Kier molecular flexibility index (Phi) is 6.13. The number of hydrogen-bond acceptors (Lipinski definition) is 1. The second-order valence-electron chi connectivity index (χ2n) is 6.09. The molecule has 0 spiro atoms. The number of nitrogens with zero attached hydrogens (tertiary/aromatic N) is 1. The Morgan fingerprint density at radius 3 is 2.56 bits per heavy atom. The van der Waals surface area contributed by atoms with Crippen LogP contribution in [0.25, 0.3) is 11.3 Å². The first-order valence-electron chi connectivity index (χ1n) is 8.26. The standard InChI is InChI=1S/C23H26NO/c1-7-17(2)11-12-18(3)16-20-14-13-19(4)22(23(20)25-6)21-10-8-9-15-24(21)5/h7-15H,1-3,16H2,4-6H3/q+1/b12-11-. The lowest BCUT2D eigenvalue weighted by atomic mass is 9.96. The molecular formula is C23H26NO+. The fourth-order valence-corrected chi connectivity index (χ4v) is 2.79. The van der Waals surface area contributed by atoms with Gasteiger partial charge in [-0.05, 0) is 29.7 Å². The Labute approximate surface area is 151 Å².